The zero-order valence-electron chi connectivity index (χ0n) is 15.8. The van der Waals surface area contributed by atoms with Crippen molar-refractivity contribution in [3.63, 3.8) is 0 Å². The molecule has 1 aromatic carbocycles. The standard InChI is InChI=1S/C19H26FN3O4/c1-3-4-10-21-18(25)19(8-6-5-7-9-19)22-17(24)14-11-15(20)13(2)16(12-14)23(26)27/h11-12H,3-10H2,1-2H3,(H,21,25)(H,22,24). The minimum Gasteiger partial charge on any atom is -0.354 e. The Hall–Kier alpha value is -2.51. The van der Waals surface area contributed by atoms with Gasteiger partial charge in [0.15, 0.2) is 0 Å². The number of unbranched alkanes of at least 4 members (excludes halogenated alkanes) is 1. The van der Waals surface area contributed by atoms with Gasteiger partial charge in [0.05, 0.1) is 10.5 Å². The van der Waals surface area contributed by atoms with Crippen LogP contribution in [-0.2, 0) is 4.79 Å². The van der Waals surface area contributed by atoms with E-state index in [0.717, 1.165) is 44.2 Å². The number of carbonyl (C=O) groups is 2. The minimum absolute atomic E-state index is 0.124. The fraction of sp³-hybridized carbons (Fsp3) is 0.579. The number of carbonyl (C=O) groups excluding carboxylic acids is 2. The van der Waals surface area contributed by atoms with E-state index in [1.165, 1.54) is 6.92 Å². The molecule has 1 saturated carbocycles. The van der Waals surface area contributed by atoms with Gasteiger partial charge in [0.2, 0.25) is 5.91 Å². The van der Waals surface area contributed by atoms with Crippen molar-refractivity contribution in [2.45, 2.75) is 64.3 Å². The van der Waals surface area contributed by atoms with E-state index in [-0.39, 0.29) is 17.0 Å². The van der Waals surface area contributed by atoms with Crippen LogP contribution in [0.1, 0.15) is 67.8 Å². The Kier molecular flexibility index (Phi) is 6.87. The second-order valence-corrected chi connectivity index (χ2v) is 7.07. The van der Waals surface area contributed by atoms with Crippen LogP contribution in [-0.4, -0.2) is 28.8 Å². The number of nitro groups is 1. The molecule has 0 spiro atoms. The van der Waals surface area contributed by atoms with Crippen LogP contribution in [0.5, 0.6) is 0 Å². The number of rotatable bonds is 7. The van der Waals surface area contributed by atoms with Gasteiger partial charge in [-0.2, -0.15) is 0 Å². The smallest absolute Gasteiger partial charge is 0.276 e. The lowest BCUT2D eigenvalue weighted by molar-refractivity contribution is -0.385. The summed E-state index contributed by atoms with van der Waals surface area (Å²) in [5.41, 5.74) is -1.79. The number of nitro benzene ring substituents is 1. The molecule has 7 nitrogen and oxygen atoms in total. The number of halogens is 1. The Morgan fingerprint density at radius 2 is 1.93 bits per heavy atom. The summed E-state index contributed by atoms with van der Waals surface area (Å²) in [5.74, 6) is -1.74. The summed E-state index contributed by atoms with van der Waals surface area (Å²) in [6, 6.07) is 2.03. The average molecular weight is 379 g/mol. The maximum atomic E-state index is 14.0. The maximum absolute atomic E-state index is 14.0. The molecule has 0 heterocycles. The number of hydrogen-bond donors (Lipinski definition) is 2. The predicted molar refractivity (Wildman–Crippen MR) is 99.0 cm³/mol. The molecule has 0 saturated heterocycles. The maximum Gasteiger partial charge on any atom is 0.276 e. The van der Waals surface area contributed by atoms with E-state index in [2.05, 4.69) is 10.6 Å². The zero-order chi connectivity index (χ0) is 20.0. The van der Waals surface area contributed by atoms with Crippen LogP contribution in [0.25, 0.3) is 0 Å². The second-order valence-electron chi connectivity index (χ2n) is 7.07. The SMILES string of the molecule is CCCCNC(=O)C1(NC(=O)c2cc(F)c(C)c([N+](=O)[O-])c2)CCCCC1. The van der Waals surface area contributed by atoms with E-state index in [1.807, 2.05) is 6.92 Å². The van der Waals surface area contributed by atoms with E-state index in [4.69, 9.17) is 0 Å². The molecule has 27 heavy (non-hydrogen) atoms. The highest BCUT2D eigenvalue weighted by Crippen LogP contribution is 2.30. The third-order valence-corrected chi connectivity index (χ3v) is 5.09. The highest BCUT2D eigenvalue weighted by Gasteiger charge is 2.41. The van der Waals surface area contributed by atoms with Crippen LogP contribution < -0.4 is 10.6 Å². The quantitative estimate of drug-likeness (QED) is 0.431. The first-order valence-corrected chi connectivity index (χ1v) is 9.36. The first-order valence-electron chi connectivity index (χ1n) is 9.36. The van der Waals surface area contributed by atoms with Crippen LogP contribution >= 0.6 is 0 Å². The third kappa shape index (κ3) is 4.81. The molecule has 8 heteroatoms. The summed E-state index contributed by atoms with van der Waals surface area (Å²) in [6.07, 6.45) is 5.33. The number of amides is 2. The second kappa shape index (κ2) is 8.92. The highest BCUT2D eigenvalue weighted by atomic mass is 19.1. The van der Waals surface area contributed by atoms with Crippen molar-refractivity contribution >= 4 is 17.5 Å². The van der Waals surface area contributed by atoms with Crippen molar-refractivity contribution in [1.82, 2.24) is 10.6 Å². The first-order chi connectivity index (χ1) is 12.8. The van der Waals surface area contributed by atoms with Crippen LogP contribution in [0, 0.1) is 22.9 Å². The predicted octanol–water partition coefficient (Wildman–Crippen LogP) is 3.39. The number of hydrogen-bond acceptors (Lipinski definition) is 4. The molecular weight excluding hydrogens is 353 g/mol. The lowest BCUT2D eigenvalue weighted by Crippen LogP contribution is -2.59. The molecule has 148 valence electrons. The van der Waals surface area contributed by atoms with E-state index in [1.54, 1.807) is 0 Å². The van der Waals surface area contributed by atoms with Gasteiger partial charge in [-0.05, 0) is 32.3 Å². The summed E-state index contributed by atoms with van der Waals surface area (Å²) in [7, 11) is 0. The summed E-state index contributed by atoms with van der Waals surface area (Å²) in [6.45, 7) is 3.83. The molecule has 0 radical (unpaired) electrons. The van der Waals surface area contributed by atoms with Crippen molar-refractivity contribution < 1.29 is 18.9 Å². The zero-order valence-corrected chi connectivity index (χ0v) is 15.8. The largest absolute Gasteiger partial charge is 0.354 e. The van der Waals surface area contributed by atoms with Gasteiger partial charge in [-0.1, -0.05) is 32.6 Å². The molecule has 0 unspecified atom stereocenters. The molecule has 2 rings (SSSR count). The van der Waals surface area contributed by atoms with Gasteiger partial charge in [0.1, 0.15) is 11.4 Å². The molecule has 0 aromatic heterocycles. The summed E-state index contributed by atoms with van der Waals surface area (Å²) in [4.78, 5) is 35.8. The van der Waals surface area contributed by atoms with Crippen LogP contribution in [0.4, 0.5) is 10.1 Å². The molecular formula is C19H26FN3O4. The number of benzene rings is 1. The van der Waals surface area contributed by atoms with E-state index in [9.17, 15) is 24.1 Å². The summed E-state index contributed by atoms with van der Waals surface area (Å²) in [5, 5.41) is 16.7. The first kappa shape index (κ1) is 20.8. The van der Waals surface area contributed by atoms with Gasteiger partial charge in [-0.15, -0.1) is 0 Å². The average Bonchev–Trinajstić information content (AvgIpc) is 2.64. The summed E-state index contributed by atoms with van der Waals surface area (Å²) >= 11 is 0. The van der Waals surface area contributed by atoms with Gasteiger partial charge in [-0.25, -0.2) is 4.39 Å². The van der Waals surface area contributed by atoms with Crippen molar-refractivity contribution in [3.05, 3.63) is 39.2 Å². The van der Waals surface area contributed by atoms with Crippen molar-refractivity contribution in [2.75, 3.05) is 6.54 Å². The molecule has 0 aliphatic heterocycles. The van der Waals surface area contributed by atoms with Crippen LogP contribution in [0.15, 0.2) is 12.1 Å². The molecule has 0 bridgehead atoms. The van der Waals surface area contributed by atoms with Gasteiger partial charge < -0.3 is 10.6 Å². The Balaban J connectivity index is 2.26. The summed E-state index contributed by atoms with van der Waals surface area (Å²) < 4.78 is 14.0. The van der Waals surface area contributed by atoms with Crippen LogP contribution in [0.3, 0.4) is 0 Å². The molecule has 2 amide bonds. The highest BCUT2D eigenvalue weighted by molar-refractivity contribution is 5.99. The molecule has 0 atom stereocenters. The molecule has 1 aromatic rings. The molecule has 1 fully saturated rings. The molecule has 1 aliphatic carbocycles. The lowest BCUT2D eigenvalue weighted by Gasteiger charge is -2.36. The van der Waals surface area contributed by atoms with E-state index < -0.39 is 27.9 Å². The van der Waals surface area contributed by atoms with Gasteiger partial charge in [-0.3, -0.25) is 19.7 Å². The van der Waals surface area contributed by atoms with E-state index in [0.29, 0.717) is 19.4 Å². The number of nitrogens with zero attached hydrogens (tertiary/aromatic N) is 1. The fourth-order valence-corrected chi connectivity index (χ4v) is 3.39. The van der Waals surface area contributed by atoms with Crippen LogP contribution in [0.2, 0.25) is 0 Å². The van der Waals surface area contributed by atoms with Gasteiger partial charge >= 0.3 is 0 Å². The Bertz CT molecular complexity index is 730. The Morgan fingerprint density at radius 3 is 2.52 bits per heavy atom. The molecule has 1 aliphatic rings. The Morgan fingerprint density at radius 1 is 1.26 bits per heavy atom. The monoisotopic (exact) mass is 379 g/mol. The van der Waals surface area contributed by atoms with Gasteiger partial charge in [0, 0.05) is 18.2 Å². The topological polar surface area (TPSA) is 101 Å². The van der Waals surface area contributed by atoms with E-state index >= 15 is 0 Å². The normalized spacial score (nSPS) is 15.8. The minimum atomic E-state index is -1.06. The van der Waals surface area contributed by atoms with Gasteiger partial charge in [0.25, 0.3) is 11.6 Å². The number of nitrogens with one attached hydrogen (secondary N) is 2. The van der Waals surface area contributed by atoms with Crippen molar-refractivity contribution in [1.29, 1.82) is 0 Å². The third-order valence-electron chi connectivity index (χ3n) is 5.09. The molecule has 2 N–H and O–H groups in total. The Labute approximate surface area is 157 Å². The van der Waals surface area contributed by atoms with Crippen molar-refractivity contribution in [2.24, 2.45) is 0 Å². The lowest BCUT2D eigenvalue weighted by atomic mass is 9.80. The fourth-order valence-electron chi connectivity index (χ4n) is 3.39. The van der Waals surface area contributed by atoms with Crippen molar-refractivity contribution in [3.8, 4) is 0 Å².